The van der Waals surface area contributed by atoms with E-state index in [1.165, 1.54) is 43.4 Å². The number of carboxylic acids is 3. The number of amides is 4. The molecule has 2 unspecified atom stereocenters. The number of rotatable bonds is 9. The molecule has 4 rings (SSSR count). The Kier molecular flexibility index (Phi) is 15.3. The maximum absolute atomic E-state index is 12.6. The van der Waals surface area contributed by atoms with E-state index >= 15 is 0 Å². The second kappa shape index (κ2) is 18.7. The molecule has 1 aliphatic rings. The van der Waals surface area contributed by atoms with Gasteiger partial charge in [0.1, 0.15) is 15.5 Å². The van der Waals surface area contributed by atoms with E-state index in [0.29, 0.717) is 22.8 Å². The molecule has 7 N–H and O–H groups in total. The highest BCUT2D eigenvalue weighted by molar-refractivity contribution is 7.91. The topological polar surface area (TPSA) is 314 Å². The average molecular weight is 811 g/mol. The summed E-state index contributed by atoms with van der Waals surface area (Å²) in [6.45, 7) is 8.02. The van der Waals surface area contributed by atoms with E-state index in [-0.39, 0.29) is 17.8 Å². The Balaban J connectivity index is 0.000000332. The fourth-order valence-electron chi connectivity index (χ4n) is 4.41. The van der Waals surface area contributed by atoms with Gasteiger partial charge in [-0.05, 0) is 58.9 Å². The first-order valence-corrected chi connectivity index (χ1v) is 18.5. The maximum atomic E-state index is 12.6. The van der Waals surface area contributed by atoms with Gasteiger partial charge in [-0.15, -0.1) is 11.6 Å². The van der Waals surface area contributed by atoms with Crippen molar-refractivity contribution in [1.82, 2.24) is 29.4 Å². The van der Waals surface area contributed by atoms with Crippen molar-refractivity contribution in [2.24, 2.45) is 5.92 Å². The molecule has 0 spiro atoms. The smallest absolute Gasteiger partial charge is 0.337 e. The number of aromatic carboxylic acids is 1. The summed E-state index contributed by atoms with van der Waals surface area (Å²) in [5.74, 6) is -5.47. The molecule has 0 radical (unpaired) electrons. The molecule has 2 aromatic heterocycles. The van der Waals surface area contributed by atoms with Gasteiger partial charge in [-0.2, -0.15) is 0 Å². The van der Waals surface area contributed by atoms with Crippen LogP contribution in [0.3, 0.4) is 0 Å². The minimum absolute atomic E-state index is 0.0516. The number of nitrogens with zero attached hydrogens (tertiary/aromatic N) is 4. The molecule has 1 aliphatic carbocycles. The number of sulfonamides is 2. The van der Waals surface area contributed by atoms with Gasteiger partial charge in [0.25, 0.3) is 10.0 Å². The third kappa shape index (κ3) is 12.6. The lowest BCUT2D eigenvalue weighted by molar-refractivity contribution is -0.140. The SMILES string of the molecule is Cc1cc(C)nc(NC(=O)NS(=O)(=O)C2(C)C=CC=CC2C(=O)O)n1.Cc1cc(C)nc(NC(=O)NS(=O)(=O)c2ccccc2C(=O)O)n1.O=C(O)CCl. The number of aliphatic carboxylic acids is 2. The van der Waals surface area contributed by atoms with Crippen molar-refractivity contribution in [2.75, 3.05) is 16.5 Å². The van der Waals surface area contributed by atoms with Crippen LogP contribution in [0.5, 0.6) is 0 Å². The van der Waals surface area contributed by atoms with E-state index in [4.69, 9.17) is 21.8 Å². The largest absolute Gasteiger partial charge is 0.481 e. The number of aryl methyl sites for hydroxylation is 4. The number of benzene rings is 1. The lowest BCUT2D eigenvalue weighted by atomic mass is 9.89. The Hall–Kier alpha value is -6.00. The number of urea groups is 2. The predicted octanol–water partition coefficient (Wildman–Crippen LogP) is 2.74. The van der Waals surface area contributed by atoms with Crippen molar-refractivity contribution in [2.45, 2.75) is 44.3 Å². The van der Waals surface area contributed by atoms with Crippen molar-refractivity contribution in [3.63, 3.8) is 0 Å². The number of aromatic nitrogens is 4. The lowest BCUT2D eigenvalue weighted by Gasteiger charge is -2.31. The number of halogens is 1. The second-order valence-electron chi connectivity index (χ2n) is 11.1. The number of allylic oxidation sites excluding steroid dienone is 2. The number of carbonyl (C=O) groups excluding carboxylic acids is 2. The highest BCUT2D eigenvalue weighted by atomic mass is 35.5. The molecule has 0 bridgehead atoms. The van der Waals surface area contributed by atoms with Crippen LogP contribution >= 0.6 is 11.6 Å². The number of anilines is 2. The Labute approximate surface area is 313 Å². The molecule has 20 nitrogen and oxygen atoms in total. The highest BCUT2D eigenvalue weighted by Gasteiger charge is 2.48. The third-order valence-corrected chi connectivity index (χ3v) is 10.3. The normalized spacial score (nSPS) is 15.9. The zero-order valence-corrected chi connectivity index (χ0v) is 31.4. The zero-order valence-electron chi connectivity index (χ0n) is 29.1. The molecule has 1 aromatic carbocycles. The van der Waals surface area contributed by atoms with Crippen molar-refractivity contribution < 1.29 is 56.1 Å². The van der Waals surface area contributed by atoms with Crippen LogP contribution in [0.2, 0.25) is 0 Å². The quantitative estimate of drug-likeness (QED) is 0.153. The van der Waals surface area contributed by atoms with Gasteiger partial charge in [-0.25, -0.2) is 60.6 Å². The van der Waals surface area contributed by atoms with Gasteiger partial charge in [0.15, 0.2) is 0 Å². The van der Waals surface area contributed by atoms with Gasteiger partial charge in [-0.3, -0.25) is 20.2 Å². The molecule has 54 heavy (non-hydrogen) atoms. The lowest BCUT2D eigenvalue weighted by Crippen LogP contribution is -2.52. The monoisotopic (exact) mass is 810 g/mol. The summed E-state index contributed by atoms with van der Waals surface area (Å²) in [5.41, 5.74) is 1.95. The average Bonchev–Trinajstić information content (AvgIpc) is 3.03. The summed E-state index contributed by atoms with van der Waals surface area (Å²) in [5, 5.41) is 30.3. The molecular formula is C31H35ClN8O12S2. The van der Waals surface area contributed by atoms with Crippen LogP contribution in [0.15, 0.2) is 65.6 Å². The molecule has 3 aromatic rings. The van der Waals surface area contributed by atoms with Gasteiger partial charge in [0.05, 0.1) is 11.5 Å². The molecule has 2 heterocycles. The summed E-state index contributed by atoms with van der Waals surface area (Å²) in [6, 6.07) is 6.16. The van der Waals surface area contributed by atoms with Gasteiger partial charge in [0.2, 0.25) is 21.9 Å². The second-order valence-corrected chi connectivity index (χ2v) is 15.1. The van der Waals surface area contributed by atoms with Crippen molar-refractivity contribution in [3.8, 4) is 0 Å². The third-order valence-electron chi connectivity index (χ3n) is 6.70. The highest BCUT2D eigenvalue weighted by Crippen LogP contribution is 2.32. The van der Waals surface area contributed by atoms with Crippen LogP contribution in [-0.2, 0) is 29.6 Å². The summed E-state index contributed by atoms with van der Waals surface area (Å²) < 4.78 is 51.4. The van der Waals surface area contributed by atoms with Gasteiger partial charge in [0, 0.05) is 22.8 Å². The van der Waals surface area contributed by atoms with Crippen LogP contribution < -0.4 is 20.1 Å². The Morgan fingerprint density at radius 3 is 1.63 bits per heavy atom. The van der Waals surface area contributed by atoms with Crippen LogP contribution in [0, 0.1) is 33.6 Å². The van der Waals surface area contributed by atoms with E-state index in [0.717, 1.165) is 12.1 Å². The maximum Gasteiger partial charge on any atom is 0.337 e. The predicted molar refractivity (Wildman–Crippen MR) is 193 cm³/mol. The van der Waals surface area contributed by atoms with E-state index < -0.39 is 71.1 Å². The summed E-state index contributed by atoms with van der Waals surface area (Å²) in [4.78, 5) is 71.0. The van der Waals surface area contributed by atoms with Gasteiger partial charge >= 0.3 is 30.0 Å². The first-order valence-electron chi connectivity index (χ1n) is 15.0. The van der Waals surface area contributed by atoms with Crippen molar-refractivity contribution in [1.29, 1.82) is 0 Å². The van der Waals surface area contributed by atoms with Crippen LogP contribution in [0.25, 0.3) is 0 Å². The van der Waals surface area contributed by atoms with Crippen LogP contribution in [0.4, 0.5) is 21.5 Å². The molecule has 4 amide bonds. The Morgan fingerprint density at radius 1 is 0.759 bits per heavy atom. The van der Waals surface area contributed by atoms with E-state index in [1.807, 2.05) is 4.72 Å². The molecule has 2 atom stereocenters. The first-order chi connectivity index (χ1) is 25.0. The minimum atomic E-state index is -4.37. The van der Waals surface area contributed by atoms with E-state index in [1.54, 1.807) is 44.5 Å². The molecule has 290 valence electrons. The number of carbonyl (C=O) groups is 5. The molecule has 0 aliphatic heterocycles. The molecule has 0 saturated carbocycles. The van der Waals surface area contributed by atoms with E-state index in [9.17, 15) is 45.9 Å². The molecule has 0 saturated heterocycles. The summed E-state index contributed by atoms with van der Waals surface area (Å²) in [6.07, 6.45) is 5.35. The van der Waals surface area contributed by atoms with Gasteiger partial charge in [-0.1, -0.05) is 36.4 Å². The Bertz CT molecular complexity index is 2180. The van der Waals surface area contributed by atoms with Crippen LogP contribution in [-0.4, -0.2) is 92.7 Å². The fraction of sp³-hybridized carbons (Fsp3) is 0.258. The van der Waals surface area contributed by atoms with Crippen molar-refractivity contribution in [3.05, 3.63) is 89.0 Å². The molecule has 23 heteroatoms. The minimum Gasteiger partial charge on any atom is -0.481 e. The standard InChI is InChI=1S/C15H18N4O5S.C14H14N4O5S.C2H3ClO2/c1-9-8-10(2)17-13(16-9)18-14(22)19-25(23,24)15(3)7-5-4-6-11(15)12(20)21;1-8-7-9(2)16-13(15-8)17-14(21)18-24(22,23)11-6-4-3-5-10(11)12(19)20;3-1-2(4)5/h4-8,11H,1-3H3,(H,20,21)(H2,16,17,18,19,22);3-7H,1-2H3,(H,19,20)(H2,15,16,17,18,21);1H2,(H,4,5). The number of hydrogen-bond donors (Lipinski definition) is 7. The zero-order chi connectivity index (χ0) is 41.0. The van der Waals surface area contributed by atoms with Crippen molar-refractivity contribution >= 4 is 73.5 Å². The first kappa shape index (κ1) is 44.2. The number of alkyl halides is 1. The summed E-state index contributed by atoms with van der Waals surface area (Å²) >= 11 is 4.74. The summed E-state index contributed by atoms with van der Waals surface area (Å²) in [7, 11) is -8.73. The number of hydrogen-bond acceptors (Lipinski definition) is 13. The molecule has 0 fully saturated rings. The Morgan fingerprint density at radius 2 is 1.20 bits per heavy atom. The van der Waals surface area contributed by atoms with Gasteiger partial charge < -0.3 is 15.3 Å². The van der Waals surface area contributed by atoms with Crippen LogP contribution in [0.1, 0.15) is 40.1 Å². The fourth-order valence-corrected chi connectivity index (χ4v) is 6.80. The molecular weight excluding hydrogens is 776 g/mol. The number of carboxylic acid groups (broad SMARTS) is 3. The van der Waals surface area contributed by atoms with E-state index in [2.05, 4.69) is 30.6 Å². The number of nitrogens with one attached hydrogen (secondary N) is 4.